The molecular formula is C98H74O21. The van der Waals surface area contributed by atoms with Crippen LogP contribution in [0.25, 0.3) is 0 Å². The molecule has 4 aliphatic carbocycles. The van der Waals surface area contributed by atoms with Gasteiger partial charge in [0.15, 0.2) is 0 Å². The summed E-state index contributed by atoms with van der Waals surface area (Å²) in [5, 5.41) is 234. The Kier molecular flexibility index (Phi) is 16.5. The van der Waals surface area contributed by atoms with E-state index in [1.54, 1.807) is 91.0 Å². The highest BCUT2D eigenvalue weighted by molar-refractivity contribution is 5.80. The van der Waals surface area contributed by atoms with Crippen molar-refractivity contribution in [2.24, 2.45) is 0 Å². The summed E-state index contributed by atoms with van der Waals surface area (Å²) in [4.78, 5) is 0. The van der Waals surface area contributed by atoms with E-state index in [0.717, 1.165) is 24.3 Å². The molecule has 14 unspecified atom stereocenters. The van der Waals surface area contributed by atoms with Crippen LogP contribution in [0.5, 0.6) is 121 Å². The van der Waals surface area contributed by atoms with Crippen LogP contribution >= 0.6 is 0 Å². The maximum absolute atomic E-state index is 15.8. The number of hydrogen-bond donors (Lipinski definition) is 19. The number of benzene rings is 14. The van der Waals surface area contributed by atoms with Crippen molar-refractivity contribution in [3.05, 3.63) is 371 Å². The highest BCUT2D eigenvalue weighted by Gasteiger charge is 2.61. The molecule has 0 spiro atoms. The third kappa shape index (κ3) is 11.4. The summed E-state index contributed by atoms with van der Waals surface area (Å²) in [6, 6.07) is 61.5. The lowest BCUT2D eigenvalue weighted by atomic mass is 9.67. The van der Waals surface area contributed by atoms with Crippen LogP contribution in [-0.4, -0.2) is 97.0 Å². The molecule has 0 fully saturated rings. The average Bonchev–Trinajstić information content (AvgIpc) is 1.51. The number of phenols is 19. The lowest BCUT2D eigenvalue weighted by Gasteiger charge is -2.35. The van der Waals surface area contributed by atoms with Gasteiger partial charge in [0.25, 0.3) is 0 Å². The highest BCUT2D eigenvalue weighted by Crippen LogP contribution is 2.76. The van der Waals surface area contributed by atoms with Crippen molar-refractivity contribution in [3.63, 3.8) is 0 Å². The van der Waals surface area contributed by atoms with Crippen LogP contribution in [0, 0.1) is 0 Å². The monoisotopic (exact) mass is 1590 g/mol. The molecule has 0 saturated heterocycles. The van der Waals surface area contributed by atoms with Gasteiger partial charge in [-0.05, 0) is 205 Å². The number of hydrogen-bond acceptors (Lipinski definition) is 21. The minimum absolute atomic E-state index is 0.0241. The molecule has 0 radical (unpaired) electrons. The van der Waals surface area contributed by atoms with E-state index in [9.17, 15) is 91.9 Å². The lowest BCUT2D eigenvalue weighted by molar-refractivity contribution is 0.218. The van der Waals surface area contributed by atoms with Crippen LogP contribution in [0.3, 0.4) is 0 Å². The van der Waals surface area contributed by atoms with E-state index in [0.29, 0.717) is 61.2 Å². The molecule has 21 heteroatoms. The molecule has 20 rings (SSSR count). The summed E-state index contributed by atoms with van der Waals surface area (Å²) >= 11 is 0. The maximum Gasteiger partial charge on any atom is 0.135 e. The molecule has 14 atom stereocenters. The van der Waals surface area contributed by atoms with Crippen LogP contribution in [-0.2, 0) is 0 Å². The van der Waals surface area contributed by atoms with Crippen LogP contribution in [0.4, 0.5) is 0 Å². The standard InChI is InChI=1S/C98H74O21/c99-51-15-1-42(2-16-51)73-78(49-29-58(106)33-59(107)30-49)86-70(115)41-71(116)87-83(65-35-62(110)38-68(113)80(65)74(88(73)90(86)87)43-3-17-52(100)18-4-43)77(46-9-23-55(103)24-10-46)94-95(117)92-84(67-37-64(112)40-72-82(67)79(50-31-60(108)34-61(109)32-50)96(118-72)47-11-25-56(104)26-12-47)76(45-7-21-54(102)22-8-45)89-75(44-5-19-53(101)20-6-44)81-66(36-63(111)39-69(81)114)85-93(91(89)92)98(94)119-97(85)48-13-27-57(105)28-14-48/h1-41,73-79,83-85,88-89,96-97,99-117H. The van der Waals surface area contributed by atoms with Gasteiger partial charge >= 0.3 is 0 Å². The van der Waals surface area contributed by atoms with Gasteiger partial charge in [-0.15, -0.1) is 0 Å². The minimum atomic E-state index is -1.61. The van der Waals surface area contributed by atoms with Gasteiger partial charge in [-0.25, -0.2) is 0 Å². The highest BCUT2D eigenvalue weighted by atomic mass is 16.5. The summed E-state index contributed by atoms with van der Waals surface area (Å²) in [6.45, 7) is 0. The van der Waals surface area contributed by atoms with Crippen molar-refractivity contribution in [1.29, 1.82) is 0 Å². The molecule has 0 bridgehead atoms. The summed E-state index contributed by atoms with van der Waals surface area (Å²) in [5.74, 6) is -20.6. The Labute approximate surface area is 678 Å². The first-order chi connectivity index (χ1) is 57.3. The topological polar surface area (TPSA) is 403 Å². The number of fused-ring (bicyclic) bond motifs is 4. The molecular weight excluding hydrogens is 1510 g/mol. The number of aromatic hydroxyl groups is 19. The van der Waals surface area contributed by atoms with Crippen molar-refractivity contribution >= 4 is 0 Å². The van der Waals surface area contributed by atoms with Gasteiger partial charge in [-0.3, -0.25) is 0 Å². The number of phenolic OH excluding ortho intramolecular Hbond substituents is 19. The summed E-state index contributed by atoms with van der Waals surface area (Å²) in [5.41, 5.74) is 6.21. The quantitative estimate of drug-likeness (QED) is 0.0540. The van der Waals surface area contributed by atoms with E-state index >= 15 is 5.11 Å². The third-order valence-corrected chi connectivity index (χ3v) is 25.6. The van der Waals surface area contributed by atoms with E-state index in [1.807, 2.05) is 0 Å². The third-order valence-electron chi connectivity index (χ3n) is 25.6. The van der Waals surface area contributed by atoms with Crippen LogP contribution in [0.1, 0.15) is 206 Å². The zero-order valence-corrected chi connectivity index (χ0v) is 62.6. The zero-order valence-electron chi connectivity index (χ0n) is 62.6. The van der Waals surface area contributed by atoms with Crippen LogP contribution in [0.15, 0.2) is 249 Å². The van der Waals surface area contributed by atoms with Gasteiger partial charge in [-0.2, -0.15) is 0 Å². The van der Waals surface area contributed by atoms with E-state index in [2.05, 4.69) is 0 Å². The predicted octanol–water partition coefficient (Wildman–Crippen LogP) is 17.9. The SMILES string of the molecule is Oc1ccc(C2Oc3cc(O)cc(C4c5c(O)c(C(c6ccc(O)cc6)C6c7cc(O)cc(O)c7C(c7ccc(O)cc7)C7c8c6c(O)cc(O)c8C(c6cc(O)cc(O)c6)C7c6ccc(O)cc6)c6c7c5C(C(c5ccc(O)cc5)c5c(O)cc(O)cc5C7C(c5ccc(O)cc5)O6)C4c4ccc(O)cc4)c3C2c2cc(O)cc(O)c2)cc1. The smallest absolute Gasteiger partial charge is 0.135 e. The van der Waals surface area contributed by atoms with Crippen molar-refractivity contribution in [2.75, 3.05) is 0 Å². The molecule has 19 N–H and O–H groups in total. The first-order valence-corrected chi connectivity index (χ1v) is 38.7. The predicted molar refractivity (Wildman–Crippen MR) is 434 cm³/mol. The molecule has 0 amide bonds. The minimum Gasteiger partial charge on any atom is -0.508 e. The molecule has 2 aliphatic heterocycles. The Morgan fingerprint density at radius 2 is 0.555 bits per heavy atom. The Balaban J connectivity index is 0.991. The second kappa shape index (κ2) is 27.0. The Morgan fingerprint density at radius 1 is 0.210 bits per heavy atom. The van der Waals surface area contributed by atoms with E-state index in [-0.39, 0.29) is 147 Å². The Hall–Kier alpha value is -15.1. The van der Waals surface area contributed by atoms with Crippen molar-refractivity contribution in [2.45, 2.75) is 83.2 Å². The van der Waals surface area contributed by atoms with Crippen LogP contribution < -0.4 is 9.47 Å². The van der Waals surface area contributed by atoms with Gasteiger partial charge in [0.2, 0.25) is 0 Å². The van der Waals surface area contributed by atoms with Gasteiger partial charge in [0, 0.05) is 140 Å². The number of rotatable bonds is 12. The molecule has 6 aliphatic rings. The van der Waals surface area contributed by atoms with Crippen LogP contribution in [0.2, 0.25) is 0 Å². The second-order valence-corrected chi connectivity index (χ2v) is 32.1. The molecule has 14 aromatic rings. The van der Waals surface area contributed by atoms with E-state index in [1.165, 1.54) is 133 Å². The molecule has 119 heavy (non-hydrogen) atoms. The summed E-state index contributed by atoms with van der Waals surface area (Å²) < 4.78 is 15.1. The largest absolute Gasteiger partial charge is 0.508 e. The Morgan fingerprint density at radius 3 is 1.03 bits per heavy atom. The fourth-order valence-electron chi connectivity index (χ4n) is 21.5. The maximum atomic E-state index is 15.8. The van der Waals surface area contributed by atoms with E-state index in [4.69, 9.17) is 9.47 Å². The normalized spacial score (nSPS) is 22.1. The molecule has 14 aromatic carbocycles. The van der Waals surface area contributed by atoms with Gasteiger partial charge < -0.3 is 106 Å². The molecule has 0 saturated carbocycles. The molecule has 21 nitrogen and oxygen atoms in total. The van der Waals surface area contributed by atoms with Gasteiger partial charge in [0.05, 0.1) is 11.8 Å². The summed E-state index contributed by atoms with van der Waals surface area (Å²) in [6.07, 6.45) is -2.37. The van der Waals surface area contributed by atoms with Crippen molar-refractivity contribution in [3.8, 4) is 121 Å². The summed E-state index contributed by atoms with van der Waals surface area (Å²) in [7, 11) is 0. The first kappa shape index (κ1) is 72.8. The zero-order chi connectivity index (χ0) is 82.3. The lowest BCUT2D eigenvalue weighted by Crippen LogP contribution is -2.21. The fraction of sp³-hybridized carbons (Fsp3) is 0.143. The molecule has 592 valence electrons. The average molecular weight is 1590 g/mol. The molecule has 2 heterocycles. The molecule has 0 aromatic heterocycles. The van der Waals surface area contributed by atoms with Gasteiger partial charge in [-0.1, -0.05) is 84.9 Å². The number of ether oxygens (including phenoxy) is 2. The fourth-order valence-corrected chi connectivity index (χ4v) is 21.5. The van der Waals surface area contributed by atoms with Crippen molar-refractivity contribution in [1.82, 2.24) is 0 Å². The van der Waals surface area contributed by atoms with Crippen molar-refractivity contribution < 1.29 is 106 Å². The van der Waals surface area contributed by atoms with Gasteiger partial charge in [0.1, 0.15) is 133 Å². The first-order valence-electron chi connectivity index (χ1n) is 38.7. The van der Waals surface area contributed by atoms with E-state index < -0.39 is 118 Å². The second-order valence-electron chi connectivity index (χ2n) is 32.1. The Bertz CT molecular complexity index is 6450.